The van der Waals surface area contributed by atoms with Crippen LogP contribution in [0.15, 0.2) is 54.6 Å². The molecule has 0 N–H and O–H groups in total. The second-order valence-corrected chi connectivity index (χ2v) is 5.58. The van der Waals surface area contributed by atoms with E-state index >= 15 is 0 Å². The third-order valence-corrected chi connectivity index (χ3v) is 4.16. The maximum Gasteiger partial charge on any atom is -0.000437 e. The van der Waals surface area contributed by atoms with Gasteiger partial charge in [-0.3, -0.25) is 0 Å². The van der Waals surface area contributed by atoms with Crippen LogP contribution in [0.3, 0.4) is 0 Å². The molecule has 96 valence electrons. The van der Waals surface area contributed by atoms with Crippen molar-refractivity contribution in [3.8, 4) is 0 Å². The molecule has 0 fully saturated rings. The maximum atomic E-state index is 2.33. The van der Waals surface area contributed by atoms with E-state index in [2.05, 4.69) is 74.5 Å². The van der Waals surface area contributed by atoms with Gasteiger partial charge in [-0.25, -0.2) is 0 Å². The molecule has 0 radical (unpaired) electrons. The van der Waals surface area contributed by atoms with E-state index in [-0.39, 0.29) is 0 Å². The van der Waals surface area contributed by atoms with Gasteiger partial charge < -0.3 is 0 Å². The van der Waals surface area contributed by atoms with Gasteiger partial charge in [0.05, 0.1) is 0 Å². The summed E-state index contributed by atoms with van der Waals surface area (Å²) in [6.07, 6.45) is 5.74. The maximum absolute atomic E-state index is 2.33. The van der Waals surface area contributed by atoms with Crippen LogP contribution in [-0.2, 0) is 6.42 Å². The Bertz CT molecular complexity index is 607. The zero-order chi connectivity index (χ0) is 13.2. The van der Waals surface area contributed by atoms with E-state index in [0.29, 0.717) is 11.8 Å². The summed E-state index contributed by atoms with van der Waals surface area (Å²) in [5, 5.41) is 0. The summed E-state index contributed by atoms with van der Waals surface area (Å²) in [5.41, 5.74) is 5.79. The van der Waals surface area contributed by atoms with Crippen molar-refractivity contribution in [3.05, 3.63) is 76.9 Å². The van der Waals surface area contributed by atoms with Gasteiger partial charge in [0.25, 0.3) is 0 Å². The predicted octanol–water partition coefficient (Wildman–Crippen LogP) is 5.16. The van der Waals surface area contributed by atoms with Crippen LogP contribution in [0.5, 0.6) is 0 Å². The van der Waals surface area contributed by atoms with Crippen LogP contribution >= 0.6 is 0 Å². The van der Waals surface area contributed by atoms with Crippen LogP contribution < -0.4 is 0 Å². The van der Waals surface area contributed by atoms with Gasteiger partial charge in [0.1, 0.15) is 0 Å². The van der Waals surface area contributed by atoms with Crippen LogP contribution in [-0.4, -0.2) is 0 Å². The van der Waals surface area contributed by atoms with E-state index in [1.807, 2.05) is 0 Å². The lowest BCUT2D eigenvalue weighted by Gasteiger charge is -2.17. The number of allylic oxidation sites excluding steroid dienone is 1. The number of hydrogen-bond donors (Lipinski definition) is 0. The molecule has 2 unspecified atom stereocenters. The molecular weight excluding hydrogens is 228 g/mol. The first-order valence-electron chi connectivity index (χ1n) is 7.10. The molecule has 0 saturated heterocycles. The molecule has 0 heteroatoms. The Labute approximate surface area is 115 Å². The molecule has 0 heterocycles. The van der Waals surface area contributed by atoms with Crippen molar-refractivity contribution >= 4 is 6.08 Å². The van der Waals surface area contributed by atoms with E-state index in [0.717, 1.165) is 6.42 Å². The van der Waals surface area contributed by atoms with Gasteiger partial charge in [-0.15, -0.1) is 0 Å². The Morgan fingerprint density at radius 1 is 0.842 bits per heavy atom. The lowest BCUT2D eigenvalue weighted by molar-refractivity contribution is 0.747. The summed E-state index contributed by atoms with van der Waals surface area (Å²) in [6, 6.07) is 17.6. The second kappa shape index (κ2) is 5.05. The third kappa shape index (κ3) is 2.35. The smallest absolute Gasteiger partial charge is 0.000437 e. The van der Waals surface area contributed by atoms with Crippen molar-refractivity contribution in [2.75, 3.05) is 0 Å². The summed E-state index contributed by atoms with van der Waals surface area (Å²) >= 11 is 0. The number of benzene rings is 2. The minimum absolute atomic E-state index is 0.481. The predicted molar refractivity (Wildman–Crippen MR) is 82.5 cm³/mol. The monoisotopic (exact) mass is 248 g/mol. The highest BCUT2D eigenvalue weighted by atomic mass is 14.2. The number of rotatable bonds is 0. The largest absolute Gasteiger partial charge is 0.0767 e. The van der Waals surface area contributed by atoms with Crippen LogP contribution in [0.25, 0.3) is 6.08 Å². The molecule has 0 aliphatic heterocycles. The van der Waals surface area contributed by atoms with Gasteiger partial charge >= 0.3 is 0 Å². The van der Waals surface area contributed by atoms with Crippen LogP contribution in [0.2, 0.25) is 0 Å². The SMILES string of the molecule is CC1/C=C\c2ccccc2C(C)Cc2ccccc21. The molecule has 1 aliphatic rings. The van der Waals surface area contributed by atoms with Crippen molar-refractivity contribution in [1.29, 1.82) is 0 Å². The average molecular weight is 248 g/mol. The third-order valence-electron chi connectivity index (χ3n) is 4.16. The molecule has 0 spiro atoms. The van der Waals surface area contributed by atoms with Gasteiger partial charge in [0, 0.05) is 0 Å². The minimum Gasteiger partial charge on any atom is -0.0767 e. The van der Waals surface area contributed by atoms with Gasteiger partial charge in [-0.05, 0) is 40.5 Å². The number of hydrogen-bond acceptors (Lipinski definition) is 0. The van der Waals surface area contributed by atoms with E-state index in [1.165, 1.54) is 22.3 Å². The fourth-order valence-electron chi connectivity index (χ4n) is 3.07. The summed E-state index contributed by atoms with van der Waals surface area (Å²) < 4.78 is 0. The summed E-state index contributed by atoms with van der Waals surface area (Å²) in [4.78, 5) is 0. The van der Waals surface area contributed by atoms with Gasteiger partial charge in [-0.1, -0.05) is 74.5 Å². The Morgan fingerprint density at radius 2 is 1.53 bits per heavy atom. The molecule has 19 heavy (non-hydrogen) atoms. The summed E-state index contributed by atoms with van der Waals surface area (Å²) in [5.74, 6) is 1.04. The quantitative estimate of drug-likeness (QED) is 0.604. The van der Waals surface area contributed by atoms with Crippen LogP contribution in [0.4, 0.5) is 0 Å². The molecule has 2 atom stereocenters. The lowest BCUT2D eigenvalue weighted by Crippen LogP contribution is -2.03. The highest BCUT2D eigenvalue weighted by Gasteiger charge is 2.16. The van der Waals surface area contributed by atoms with Crippen molar-refractivity contribution in [2.45, 2.75) is 32.1 Å². The standard InChI is InChI=1S/C19H20/c1-14-11-12-16-7-3-5-10-19(16)15(2)13-17-8-4-6-9-18(14)17/h3-12,14-15H,13H2,1-2H3/b12-11-. The Balaban J connectivity index is 2.13. The Morgan fingerprint density at radius 3 is 2.37 bits per heavy atom. The van der Waals surface area contributed by atoms with Crippen molar-refractivity contribution in [3.63, 3.8) is 0 Å². The topological polar surface area (TPSA) is 0 Å². The molecule has 3 rings (SSSR count). The molecule has 1 aliphatic carbocycles. The normalized spacial score (nSPS) is 23.5. The number of fused-ring (bicyclic) bond motifs is 2. The summed E-state index contributed by atoms with van der Waals surface area (Å²) in [6.45, 7) is 4.62. The van der Waals surface area contributed by atoms with Crippen LogP contribution in [0.1, 0.15) is 47.9 Å². The molecule has 2 aromatic rings. The zero-order valence-electron chi connectivity index (χ0n) is 11.6. The molecule has 0 amide bonds. The van der Waals surface area contributed by atoms with Crippen molar-refractivity contribution < 1.29 is 0 Å². The average Bonchev–Trinajstić information content (AvgIpc) is 2.49. The van der Waals surface area contributed by atoms with Crippen molar-refractivity contribution in [2.24, 2.45) is 0 Å². The molecule has 0 aromatic heterocycles. The molecule has 2 aromatic carbocycles. The molecule has 0 bridgehead atoms. The lowest BCUT2D eigenvalue weighted by atomic mass is 9.88. The molecule has 0 saturated carbocycles. The van der Waals surface area contributed by atoms with E-state index in [9.17, 15) is 0 Å². The second-order valence-electron chi connectivity index (χ2n) is 5.58. The fourth-order valence-corrected chi connectivity index (χ4v) is 3.07. The molecule has 0 nitrogen and oxygen atoms in total. The van der Waals surface area contributed by atoms with E-state index < -0.39 is 0 Å². The highest BCUT2D eigenvalue weighted by molar-refractivity contribution is 5.57. The van der Waals surface area contributed by atoms with Crippen LogP contribution in [0, 0.1) is 0 Å². The van der Waals surface area contributed by atoms with E-state index in [4.69, 9.17) is 0 Å². The Kier molecular flexibility index (Phi) is 3.25. The van der Waals surface area contributed by atoms with Gasteiger partial charge in [0.2, 0.25) is 0 Å². The summed E-state index contributed by atoms with van der Waals surface area (Å²) in [7, 11) is 0. The minimum atomic E-state index is 0.481. The zero-order valence-corrected chi connectivity index (χ0v) is 11.6. The first kappa shape index (κ1) is 12.2. The Hall–Kier alpha value is -1.82. The van der Waals surface area contributed by atoms with Gasteiger partial charge in [0.15, 0.2) is 0 Å². The fraction of sp³-hybridized carbons (Fsp3) is 0.263. The van der Waals surface area contributed by atoms with Crippen molar-refractivity contribution in [1.82, 2.24) is 0 Å². The van der Waals surface area contributed by atoms with E-state index in [1.54, 1.807) is 0 Å². The highest BCUT2D eigenvalue weighted by Crippen LogP contribution is 2.31. The first-order chi connectivity index (χ1) is 9.25. The molecular formula is C19H20. The van der Waals surface area contributed by atoms with Gasteiger partial charge in [-0.2, -0.15) is 0 Å². The first-order valence-corrected chi connectivity index (χ1v) is 7.10.